The van der Waals surface area contributed by atoms with E-state index >= 15 is 0 Å². The Hall–Kier alpha value is 0.130. The molecule has 1 aliphatic rings. The maximum Gasteiger partial charge on any atom is 0.0995 e. The van der Waals surface area contributed by atoms with Gasteiger partial charge in [-0.25, -0.2) is 0 Å². The summed E-state index contributed by atoms with van der Waals surface area (Å²) < 4.78 is 0. The average molecular weight is 93.8 g/mol. The van der Waals surface area contributed by atoms with E-state index in [9.17, 15) is 0 Å². The SMILES string of the molecule is BC1(B)CCC1C. The maximum atomic E-state index is 2.35. The predicted octanol–water partition coefficient (Wildman–Crippen LogP) is -0.201. The van der Waals surface area contributed by atoms with Crippen LogP contribution >= 0.6 is 0 Å². The minimum Gasteiger partial charge on any atom is -0.0820 e. The third kappa shape index (κ3) is 0.711. The molecule has 0 amide bonds. The van der Waals surface area contributed by atoms with Crippen LogP contribution in [0, 0.1) is 5.92 Å². The molecule has 38 valence electrons. The van der Waals surface area contributed by atoms with Crippen LogP contribution in [0.5, 0.6) is 0 Å². The van der Waals surface area contributed by atoms with Gasteiger partial charge >= 0.3 is 0 Å². The normalized spacial score (nSPS) is 37.0. The largest absolute Gasteiger partial charge is 0.0995 e. The highest BCUT2D eigenvalue weighted by Gasteiger charge is 2.33. The van der Waals surface area contributed by atoms with E-state index in [-0.39, 0.29) is 0 Å². The van der Waals surface area contributed by atoms with Crippen LogP contribution in [0.4, 0.5) is 0 Å². The molecule has 1 unspecified atom stereocenters. The topological polar surface area (TPSA) is 0 Å². The van der Waals surface area contributed by atoms with Gasteiger partial charge in [-0.1, -0.05) is 30.9 Å². The highest BCUT2D eigenvalue weighted by molar-refractivity contribution is 6.40. The first-order chi connectivity index (χ1) is 3.13. The van der Waals surface area contributed by atoms with E-state index in [4.69, 9.17) is 0 Å². The molecule has 7 heavy (non-hydrogen) atoms. The smallest absolute Gasteiger partial charge is 0.0820 e. The summed E-state index contributed by atoms with van der Waals surface area (Å²) in [5.41, 5.74) is 0. The third-order valence-electron chi connectivity index (χ3n) is 2.56. The van der Waals surface area contributed by atoms with Crippen molar-refractivity contribution in [2.24, 2.45) is 5.92 Å². The zero-order valence-electron chi connectivity index (χ0n) is 5.49. The van der Waals surface area contributed by atoms with Gasteiger partial charge in [0, 0.05) is 0 Å². The molecule has 0 nitrogen and oxygen atoms in total. The minimum absolute atomic E-state index is 0.681. The molecule has 0 aromatic carbocycles. The molecule has 0 saturated heterocycles. The average Bonchev–Trinajstić information content (AvgIpc) is 1.63. The van der Waals surface area contributed by atoms with Gasteiger partial charge in [0.05, 0.1) is 15.7 Å². The van der Waals surface area contributed by atoms with Crippen molar-refractivity contribution in [3.05, 3.63) is 0 Å². The summed E-state index contributed by atoms with van der Waals surface area (Å²) in [4.78, 5) is 0. The molecule has 0 aromatic heterocycles. The third-order valence-corrected chi connectivity index (χ3v) is 2.56. The summed E-state index contributed by atoms with van der Waals surface area (Å²) in [6.07, 6.45) is 2.89. The first kappa shape index (κ1) is 5.27. The number of hydrogen-bond acceptors (Lipinski definition) is 0. The van der Waals surface area contributed by atoms with Crippen molar-refractivity contribution in [1.82, 2.24) is 0 Å². The molecule has 1 fully saturated rings. The summed E-state index contributed by atoms with van der Waals surface area (Å²) in [6, 6.07) is 0. The van der Waals surface area contributed by atoms with E-state index in [0.29, 0.717) is 5.21 Å². The Morgan fingerprint density at radius 3 is 2.00 bits per heavy atom. The fourth-order valence-electron chi connectivity index (χ4n) is 1.01. The molecule has 0 heterocycles. The second-order valence-corrected chi connectivity index (χ2v) is 3.43. The van der Waals surface area contributed by atoms with Gasteiger partial charge in [-0.2, -0.15) is 0 Å². The van der Waals surface area contributed by atoms with Crippen LogP contribution in [0.15, 0.2) is 0 Å². The van der Waals surface area contributed by atoms with Crippen LogP contribution < -0.4 is 0 Å². The molecule has 2 heteroatoms. The first-order valence-electron chi connectivity index (χ1n) is 3.13. The number of rotatable bonds is 0. The Bertz CT molecular complexity index is 78.1. The van der Waals surface area contributed by atoms with Crippen molar-refractivity contribution in [3.63, 3.8) is 0 Å². The van der Waals surface area contributed by atoms with E-state index in [0.717, 1.165) is 5.92 Å². The summed E-state index contributed by atoms with van der Waals surface area (Å²) in [6.45, 7) is 2.34. The van der Waals surface area contributed by atoms with Gasteiger partial charge in [-0.15, -0.1) is 0 Å². The van der Waals surface area contributed by atoms with E-state index < -0.39 is 0 Å². The molecular formula is C5H12B2. The van der Waals surface area contributed by atoms with Gasteiger partial charge < -0.3 is 0 Å². The van der Waals surface area contributed by atoms with E-state index in [2.05, 4.69) is 22.6 Å². The van der Waals surface area contributed by atoms with Crippen LogP contribution in [0.3, 0.4) is 0 Å². The van der Waals surface area contributed by atoms with Gasteiger partial charge in [0.15, 0.2) is 0 Å². The standard InChI is InChI=1S/C5H12B2/c1-4-2-3-5(4,6)7/h4H,2-3,6-7H2,1H3. The summed E-state index contributed by atoms with van der Waals surface area (Å²) in [5, 5.41) is 0.681. The molecule has 0 radical (unpaired) electrons. The van der Waals surface area contributed by atoms with Crippen molar-refractivity contribution in [3.8, 4) is 0 Å². The molecule has 1 saturated carbocycles. The molecule has 0 N–H and O–H groups in total. The van der Waals surface area contributed by atoms with Crippen LogP contribution in [0.2, 0.25) is 5.21 Å². The van der Waals surface area contributed by atoms with Crippen molar-refractivity contribution in [1.29, 1.82) is 0 Å². The molecular weight excluding hydrogens is 81.7 g/mol. The monoisotopic (exact) mass is 94.1 g/mol. The molecule has 1 atom stereocenters. The van der Waals surface area contributed by atoms with Crippen LogP contribution in [-0.2, 0) is 0 Å². The Morgan fingerprint density at radius 2 is 2.00 bits per heavy atom. The fraction of sp³-hybridized carbons (Fsp3) is 1.00. The molecule has 0 aliphatic heterocycles. The molecule has 0 bridgehead atoms. The summed E-state index contributed by atoms with van der Waals surface area (Å²) >= 11 is 0. The van der Waals surface area contributed by atoms with E-state index in [1.807, 2.05) is 0 Å². The lowest BCUT2D eigenvalue weighted by molar-refractivity contribution is 0.306. The zero-order chi connectivity index (χ0) is 5.49. The molecule has 1 aliphatic carbocycles. The van der Waals surface area contributed by atoms with Gasteiger partial charge in [-0.3, -0.25) is 0 Å². The maximum absolute atomic E-state index is 2.35. The second kappa shape index (κ2) is 1.30. The van der Waals surface area contributed by atoms with Gasteiger partial charge in [-0.05, 0) is 0 Å². The Balaban J connectivity index is 2.43. The lowest BCUT2D eigenvalue weighted by Gasteiger charge is -2.42. The molecule has 0 spiro atoms. The van der Waals surface area contributed by atoms with Crippen LogP contribution in [0.1, 0.15) is 19.8 Å². The number of hydrogen-bond donors (Lipinski definition) is 0. The zero-order valence-corrected chi connectivity index (χ0v) is 5.49. The second-order valence-electron chi connectivity index (χ2n) is 3.43. The highest BCUT2D eigenvalue weighted by Crippen LogP contribution is 2.46. The molecule has 1 rings (SSSR count). The van der Waals surface area contributed by atoms with Crippen molar-refractivity contribution < 1.29 is 0 Å². The minimum atomic E-state index is 0.681. The van der Waals surface area contributed by atoms with Crippen LogP contribution in [0.25, 0.3) is 0 Å². The van der Waals surface area contributed by atoms with Crippen molar-refractivity contribution >= 4 is 15.7 Å². The van der Waals surface area contributed by atoms with Gasteiger partial charge in [0.1, 0.15) is 0 Å². The highest BCUT2D eigenvalue weighted by atomic mass is 14.3. The van der Waals surface area contributed by atoms with Crippen LogP contribution in [-0.4, -0.2) is 15.7 Å². The Morgan fingerprint density at radius 1 is 1.57 bits per heavy atom. The van der Waals surface area contributed by atoms with Gasteiger partial charge in [0.2, 0.25) is 0 Å². The summed E-state index contributed by atoms with van der Waals surface area (Å²) in [7, 11) is 4.70. The fourth-order valence-corrected chi connectivity index (χ4v) is 1.01. The first-order valence-corrected chi connectivity index (χ1v) is 3.13. The van der Waals surface area contributed by atoms with Crippen molar-refractivity contribution in [2.45, 2.75) is 25.0 Å². The van der Waals surface area contributed by atoms with Crippen molar-refractivity contribution in [2.75, 3.05) is 0 Å². The summed E-state index contributed by atoms with van der Waals surface area (Å²) in [5.74, 6) is 0.979. The Kier molecular flexibility index (Phi) is 0.980. The van der Waals surface area contributed by atoms with E-state index in [1.54, 1.807) is 0 Å². The quantitative estimate of drug-likeness (QED) is 0.364. The predicted molar refractivity (Wildman–Crippen MR) is 38.2 cm³/mol. The lowest BCUT2D eigenvalue weighted by atomic mass is 9.39. The van der Waals surface area contributed by atoms with Gasteiger partial charge in [0.25, 0.3) is 0 Å². The van der Waals surface area contributed by atoms with E-state index in [1.165, 1.54) is 12.8 Å². The lowest BCUT2D eigenvalue weighted by Crippen LogP contribution is -2.31. The molecule has 0 aromatic rings. The Labute approximate surface area is 47.5 Å².